The van der Waals surface area contributed by atoms with Crippen LogP contribution < -0.4 is 15.8 Å². The topological polar surface area (TPSA) is 135 Å². The van der Waals surface area contributed by atoms with Crippen molar-refractivity contribution in [3.05, 3.63) is 65.4 Å². The number of para-hydroxylation sites is 1. The van der Waals surface area contributed by atoms with Crippen molar-refractivity contribution in [2.75, 3.05) is 38.6 Å². The SMILES string of the molecule is COc1c(C(N)=O)c(CC(=O)N2CCN(C(=O)c3ccc(NC(C)=O)cc3)CC2)nc2ccccc12. The van der Waals surface area contributed by atoms with E-state index in [2.05, 4.69) is 10.3 Å². The van der Waals surface area contributed by atoms with E-state index in [-0.39, 0.29) is 35.4 Å². The van der Waals surface area contributed by atoms with Gasteiger partial charge in [-0.25, -0.2) is 0 Å². The lowest BCUT2D eigenvalue weighted by molar-refractivity contribution is -0.132. The molecular weight excluding hydrogens is 462 g/mol. The molecule has 1 fully saturated rings. The van der Waals surface area contributed by atoms with Gasteiger partial charge >= 0.3 is 0 Å². The molecule has 4 amide bonds. The number of aromatic nitrogens is 1. The number of methoxy groups -OCH3 is 1. The number of benzene rings is 2. The number of piperazine rings is 1. The van der Waals surface area contributed by atoms with Gasteiger partial charge < -0.3 is 25.6 Å². The van der Waals surface area contributed by atoms with E-state index in [1.807, 2.05) is 6.07 Å². The number of primary amides is 1. The van der Waals surface area contributed by atoms with Crippen molar-refractivity contribution in [2.45, 2.75) is 13.3 Å². The Morgan fingerprint density at radius 2 is 1.61 bits per heavy atom. The van der Waals surface area contributed by atoms with Crippen LogP contribution in [0.15, 0.2) is 48.5 Å². The molecule has 0 unspecified atom stereocenters. The summed E-state index contributed by atoms with van der Waals surface area (Å²) in [5.74, 6) is -0.957. The molecule has 1 aliphatic rings. The zero-order valence-corrected chi connectivity index (χ0v) is 20.1. The van der Waals surface area contributed by atoms with Crippen LogP contribution in [0.5, 0.6) is 5.75 Å². The normalized spacial score (nSPS) is 13.4. The fourth-order valence-electron chi connectivity index (χ4n) is 4.32. The lowest BCUT2D eigenvalue weighted by Crippen LogP contribution is -2.51. The van der Waals surface area contributed by atoms with E-state index in [0.29, 0.717) is 54.1 Å². The Morgan fingerprint density at radius 1 is 0.972 bits per heavy atom. The summed E-state index contributed by atoms with van der Waals surface area (Å²) >= 11 is 0. The molecule has 0 atom stereocenters. The second-order valence-corrected chi connectivity index (χ2v) is 8.46. The van der Waals surface area contributed by atoms with Gasteiger partial charge in [0.15, 0.2) is 0 Å². The largest absolute Gasteiger partial charge is 0.495 e. The molecule has 1 aliphatic heterocycles. The Hall–Kier alpha value is -4.47. The first kappa shape index (κ1) is 24.6. The average Bonchev–Trinajstić information content (AvgIpc) is 2.87. The maximum Gasteiger partial charge on any atom is 0.254 e. The second kappa shape index (κ2) is 10.4. The standard InChI is InChI=1S/C26H27N5O5/c1-16(32)28-18-9-7-17(8-10-18)26(35)31-13-11-30(12-14-31)22(33)15-21-23(25(27)34)24(36-2)19-5-3-4-6-20(19)29-21/h3-10H,11-15H2,1-2H3,(H2,27,34)(H,28,32). The van der Waals surface area contributed by atoms with Gasteiger partial charge in [0.2, 0.25) is 11.8 Å². The van der Waals surface area contributed by atoms with Crippen molar-refractivity contribution in [3.8, 4) is 5.75 Å². The summed E-state index contributed by atoms with van der Waals surface area (Å²) in [5.41, 5.74) is 7.71. The molecule has 2 aromatic carbocycles. The number of nitrogens with zero attached hydrogens (tertiary/aromatic N) is 3. The highest BCUT2D eigenvalue weighted by atomic mass is 16.5. The van der Waals surface area contributed by atoms with E-state index in [0.717, 1.165) is 0 Å². The Labute approximate surface area is 208 Å². The number of pyridine rings is 1. The lowest BCUT2D eigenvalue weighted by atomic mass is 10.0. The molecule has 1 aromatic heterocycles. The number of hydrogen-bond donors (Lipinski definition) is 2. The number of amides is 4. The van der Waals surface area contributed by atoms with Crippen LogP contribution in [0.1, 0.15) is 33.3 Å². The molecule has 2 heterocycles. The first-order valence-corrected chi connectivity index (χ1v) is 11.5. The van der Waals surface area contributed by atoms with Gasteiger partial charge in [0.1, 0.15) is 11.3 Å². The number of hydrogen-bond acceptors (Lipinski definition) is 6. The summed E-state index contributed by atoms with van der Waals surface area (Å²) in [5, 5.41) is 3.31. The first-order chi connectivity index (χ1) is 17.3. The summed E-state index contributed by atoms with van der Waals surface area (Å²) < 4.78 is 5.47. The summed E-state index contributed by atoms with van der Waals surface area (Å²) in [4.78, 5) is 57.3. The van der Waals surface area contributed by atoms with E-state index in [1.54, 1.807) is 52.3 Å². The smallest absolute Gasteiger partial charge is 0.254 e. The number of carbonyl (C=O) groups excluding carboxylic acids is 4. The van der Waals surface area contributed by atoms with Crippen LogP contribution in [0, 0.1) is 0 Å². The third kappa shape index (κ3) is 5.12. The highest BCUT2D eigenvalue weighted by Gasteiger charge is 2.27. The van der Waals surface area contributed by atoms with Crippen molar-refractivity contribution in [1.29, 1.82) is 0 Å². The van der Waals surface area contributed by atoms with Crippen LogP contribution in [-0.4, -0.2) is 71.7 Å². The number of carbonyl (C=O) groups is 4. The number of rotatable bonds is 6. The van der Waals surface area contributed by atoms with E-state index < -0.39 is 5.91 Å². The highest BCUT2D eigenvalue weighted by Crippen LogP contribution is 2.31. The summed E-state index contributed by atoms with van der Waals surface area (Å²) in [6.07, 6.45) is -0.113. The van der Waals surface area contributed by atoms with Gasteiger partial charge in [0, 0.05) is 49.7 Å². The number of nitrogens with one attached hydrogen (secondary N) is 1. The van der Waals surface area contributed by atoms with Crippen molar-refractivity contribution in [2.24, 2.45) is 5.73 Å². The number of anilines is 1. The van der Waals surface area contributed by atoms with Crippen molar-refractivity contribution >= 4 is 40.2 Å². The molecule has 3 N–H and O–H groups in total. The van der Waals surface area contributed by atoms with Crippen LogP contribution >= 0.6 is 0 Å². The minimum absolute atomic E-state index is 0.0982. The van der Waals surface area contributed by atoms with Gasteiger partial charge in [-0.1, -0.05) is 12.1 Å². The Bertz CT molecular complexity index is 1330. The Kier molecular flexibility index (Phi) is 7.14. The van der Waals surface area contributed by atoms with E-state index in [1.165, 1.54) is 14.0 Å². The van der Waals surface area contributed by atoms with Crippen molar-refractivity contribution in [1.82, 2.24) is 14.8 Å². The molecule has 4 rings (SSSR count). The van der Waals surface area contributed by atoms with Crippen molar-refractivity contribution in [3.63, 3.8) is 0 Å². The third-order valence-corrected chi connectivity index (χ3v) is 6.06. The zero-order valence-electron chi connectivity index (χ0n) is 20.1. The van der Waals surface area contributed by atoms with Gasteiger partial charge in [-0.05, 0) is 36.4 Å². The molecule has 36 heavy (non-hydrogen) atoms. The monoisotopic (exact) mass is 489 g/mol. The summed E-state index contributed by atoms with van der Waals surface area (Å²) in [7, 11) is 1.45. The minimum Gasteiger partial charge on any atom is -0.495 e. The van der Waals surface area contributed by atoms with Gasteiger partial charge in [0.25, 0.3) is 11.8 Å². The van der Waals surface area contributed by atoms with Gasteiger partial charge in [-0.2, -0.15) is 0 Å². The van der Waals surface area contributed by atoms with Crippen LogP contribution in [0.3, 0.4) is 0 Å². The molecule has 3 aromatic rings. The molecule has 10 nitrogen and oxygen atoms in total. The van der Waals surface area contributed by atoms with Gasteiger partial charge in [-0.3, -0.25) is 24.2 Å². The molecule has 0 saturated carbocycles. The zero-order chi connectivity index (χ0) is 25.8. The number of nitrogens with two attached hydrogens (primary N) is 1. The Balaban J connectivity index is 1.44. The molecule has 10 heteroatoms. The maximum absolute atomic E-state index is 13.1. The van der Waals surface area contributed by atoms with E-state index in [9.17, 15) is 19.2 Å². The lowest BCUT2D eigenvalue weighted by Gasteiger charge is -2.35. The molecule has 0 bridgehead atoms. The molecule has 1 saturated heterocycles. The number of ether oxygens (including phenoxy) is 1. The van der Waals surface area contributed by atoms with E-state index >= 15 is 0 Å². The molecule has 0 spiro atoms. The molecular formula is C26H27N5O5. The van der Waals surface area contributed by atoms with Crippen LogP contribution in [0.2, 0.25) is 0 Å². The maximum atomic E-state index is 13.1. The quantitative estimate of drug-likeness (QED) is 0.542. The molecule has 0 aliphatic carbocycles. The Morgan fingerprint density at radius 3 is 2.22 bits per heavy atom. The fraction of sp³-hybridized carbons (Fsp3) is 0.269. The predicted molar refractivity (Wildman–Crippen MR) is 134 cm³/mol. The highest BCUT2D eigenvalue weighted by molar-refractivity contribution is 6.04. The summed E-state index contributed by atoms with van der Waals surface area (Å²) in [6, 6.07) is 13.9. The molecule has 0 radical (unpaired) electrons. The number of fused-ring (bicyclic) bond motifs is 1. The van der Waals surface area contributed by atoms with Crippen LogP contribution in [0.25, 0.3) is 10.9 Å². The van der Waals surface area contributed by atoms with Crippen LogP contribution in [0.4, 0.5) is 5.69 Å². The van der Waals surface area contributed by atoms with Crippen molar-refractivity contribution < 1.29 is 23.9 Å². The van der Waals surface area contributed by atoms with Crippen LogP contribution in [-0.2, 0) is 16.0 Å². The third-order valence-electron chi connectivity index (χ3n) is 6.06. The van der Waals surface area contributed by atoms with Gasteiger partial charge in [-0.15, -0.1) is 0 Å². The average molecular weight is 490 g/mol. The van der Waals surface area contributed by atoms with Gasteiger partial charge in [0.05, 0.1) is 24.7 Å². The fourth-order valence-corrected chi connectivity index (χ4v) is 4.32. The minimum atomic E-state index is -0.715. The predicted octanol–water partition coefficient (Wildman–Crippen LogP) is 1.83. The second-order valence-electron chi connectivity index (χ2n) is 8.46. The summed E-state index contributed by atoms with van der Waals surface area (Å²) in [6.45, 7) is 2.86. The molecule has 186 valence electrons. The first-order valence-electron chi connectivity index (χ1n) is 11.5. The van der Waals surface area contributed by atoms with E-state index in [4.69, 9.17) is 10.5 Å².